The van der Waals surface area contributed by atoms with Crippen molar-refractivity contribution < 1.29 is 4.79 Å². The van der Waals surface area contributed by atoms with Gasteiger partial charge >= 0.3 is 0 Å². The summed E-state index contributed by atoms with van der Waals surface area (Å²) in [6.07, 6.45) is 1.67. The molecule has 0 spiro atoms. The van der Waals surface area contributed by atoms with Gasteiger partial charge in [-0.05, 0) is 31.2 Å². The Morgan fingerprint density at radius 2 is 1.95 bits per heavy atom. The van der Waals surface area contributed by atoms with Gasteiger partial charge in [0, 0.05) is 17.5 Å². The summed E-state index contributed by atoms with van der Waals surface area (Å²) in [7, 11) is 0. The Kier molecular flexibility index (Phi) is 2.75. The van der Waals surface area contributed by atoms with Crippen molar-refractivity contribution in [2.75, 3.05) is 5.32 Å². The first-order valence-electron chi connectivity index (χ1n) is 6.97. The maximum absolute atomic E-state index is 12.2. The third-order valence-electron chi connectivity index (χ3n) is 3.79. The number of hydrogen-bond donors (Lipinski definition) is 2. The number of nitrogens with zero attached hydrogens (tertiary/aromatic N) is 3. The molecule has 1 atom stereocenters. The number of anilines is 1. The van der Waals surface area contributed by atoms with Crippen molar-refractivity contribution in [3.05, 3.63) is 47.5 Å². The number of H-pyrrole nitrogens is 1. The van der Waals surface area contributed by atoms with Crippen LogP contribution in [0.1, 0.15) is 17.0 Å². The van der Waals surface area contributed by atoms with Crippen LogP contribution in [0.4, 0.5) is 11.4 Å². The van der Waals surface area contributed by atoms with Gasteiger partial charge in [0.05, 0.1) is 5.69 Å². The lowest BCUT2D eigenvalue weighted by Gasteiger charge is -2.02. The van der Waals surface area contributed by atoms with Gasteiger partial charge in [-0.1, -0.05) is 17.7 Å². The van der Waals surface area contributed by atoms with Gasteiger partial charge in [0.2, 0.25) is 5.91 Å². The Bertz CT molecular complexity index is 895. The molecule has 2 N–H and O–H groups in total. The molecule has 0 bridgehead atoms. The topological polar surface area (TPSA) is 83.0 Å². The lowest BCUT2D eigenvalue weighted by Crippen LogP contribution is -2.13. The fourth-order valence-corrected chi connectivity index (χ4v) is 2.63. The number of aromatic amines is 1. The summed E-state index contributed by atoms with van der Waals surface area (Å²) in [5.41, 5.74) is 5.03. The highest BCUT2D eigenvalue weighted by Crippen LogP contribution is 2.36. The number of aryl methyl sites for hydroxylation is 1. The molecule has 0 fully saturated rings. The molecule has 1 aromatic heterocycles. The summed E-state index contributed by atoms with van der Waals surface area (Å²) < 4.78 is 0. The van der Waals surface area contributed by atoms with Gasteiger partial charge < -0.3 is 5.32 Å². The molecule has 6 heteroatoms. The molecule has 108 valence electrons. The molecular weight excluding hydrogens is 278 g/mol. The van der Waals surface area contributed by atoms with E-state index in [9.17, 15) is 4.79 Å². The van der Waals surface area contributed by atoms with Crippen LogP contribution in [0.25, 0.3) is 11.0 Å². The Morgan fingerprint density at radius 3 is 2.77 bits per heavy atom. The summed E-state index contributed by atoms with van der Waals surface area (Å²) >= 11 is 0. The lowest BCUT2D eigenvalue weighted by molar-refractivity contribution is -0.115. The maximum atomic E-state index is 12.2. The van der Waals surface area contributed by atoms with Crippen LogP contribution >= 0.6 is 0 Å². The maximum Gasteiger partial charge on any atom is 0.237 e. The lowest BCUT2D eigenvalue weighted by atomic mass is 10.0. The first-order valence-corrected chi connectivity index (χ1v) is 6.97. The van der Waals surface area contributed by atoms with Crippen LogP contribution < -0.4 is 5.32 Å². The highest BCUT2D eigenvalue weighted by molar-refractivity contribution is 6.15. The van der Waals surface area contributed by atoms with Crippen molar-refractivity contribution in [2.45, 2.75) is 12.8 Å². The smallest absolute Gasteiger partial charge is 0.237 e. The van der Waals surface area contributed by atoms with E-state index in [0.717, 1.165) is 22.5 Å². The summed E-state index contributed by atoms with van der Waals surface area (Å²) in [6.45, 7) is 2.02. The highest BCUT2D eigenvalue weighted by atomic mass is 16.2. The molecule has 1 unspecified atom stereocenters. The molecule has 1 amide bonds. The number of aliphatic imine (C=N–C) groups is 1. The minimum atomic E-state index is -0.454. The molecule has 3 aromatic rings. The third kappa shape index (κ3) is 1.96. The number of benzene rings is 2. The van der Waals surface area contributed by atoms with Gasteiger partial charge in [-0.2, -0.15) is 15.4 Å². The van der Waals surface area contributed by atoms with Crippen LogP contribution in [0.2, 0.25) is 0 Å². The Morgan fingerprint density at radius 1 is 1.14 bits per heavy atom. The number of hydrogen-bond acceptors (Lipinski definition) is 4. The molecule has 0 saturated heterocycles. The van der Waals surface area contributed by atoms with Crippen LogP contribution in [0.5, 0.6) is 0 Å². The van der Waals surface area contributed by atoms with E-state index in [4.69, 9.17) is 0 Å². The Hall–Kier alpha value is -3.02. The molecule has 1 aliphatic rings. The van der Waals surface area contributed by atoms with E-state index >= 15 is 0 Å². The molecule has 6 nitrogen and oxygen atoms in total. The minimum absolute atomic E-state index is 0.0960. The van der Waals surface area contributed by atoms with E-state index in [1.54, 1.807) is 6.21 Å². The number of amides is 1. The largest absolute Gasteiger partial charge is 0.325 e. The summed E-state index contributed by atoms with van der Waals surface area (Å²) in [4.78, 5) is 16.6. The van der Waals surface area contributed by atoms with Gasteiger partial charge in [0.25, 0.3) is 0 Å². The van der Waals surface area contributed by atoms with E-state index in [2.05, 4.69) is 25.7 Å². The molecule has 0 aliphatic carbocycles. The first kappa shape index (κ1) is 12.7. The van der Waals surface area contributed by atoms with Gasteiger partial charge in [0.15, 0.2) is 0 Å². The minimum Gasteiger partial charge on any atom is -0.325 e. The average Bonchev–Trinajstić information content (AvgIpc) is 3.10. The summed E-state index contributed by atoms with van der Waals surface area (Å²) in [5.74, 6) is -0.550. The number of rotatable bonds is 2. The molecule has 1 aliphatic heterocycles. The fourth-order valence-electron chi connectivity index (χ4n) is 2.63. The van der Waals surface area contributed by atoms with E-state index in [1.807, 2.05) is 43.3 Å². The van der Waals surface area contributed by atoms with Crippen LogP contribution in [-0.4, -0.2) is 27.5 Å². The third-order valence-corrected chi connectivity index (χ3v) is 3.79. The average molecular weight is 291 g/mol. The zero-order valence-electron chi connectivity index (χ0n) is 11.9. The monoisotopic (exact) mass is 291 g/mol. The van der Waals surface area contributed by atoms with Gasteiger partial charge in [-0.15, -0.1) is 0 Å². The molecule has 4 rings (SSSR count). The van der Waals surface area contributed by atoms with Crippen LogP contribution in [-0.2, 0) is 4.79 Å². The Labute approximate surface area is 126 Å². The van der Waals surface area contributed by atoms with Crippen molar-refractivity contribution in [3.8, 4) is 0 Å². The second-order valence-corrected chi connectivity index (χ2v) is 5.30. The van der Waals surface area contributed by atoms with E-state index < -0.39 is 5.92 Å². The molecular formula is C16H13N5O. The molecule has 2 heterocycles. The van der Waals surface area contributed by atoms with Crippen LogP contribution in [0.3, 0.4) is 0 Å². The second-order valence-electron chi connectivity index (χ2n) is 5.30. The highest BCUT2D eigenvalue weighted by Gasteiger charge is 2.32. The van der Waals surface area contributed by atoms with E-state index in [-0.39, 0.29) is 5.91 Å². The number of nitrogens with one attached hydrogen (secondary N) is 2. The first-order chi connectivity index (χ1) is 10.7. The Balaban J connectivity index is 1.75. The fraction of sp³-hybridized carbons (Fsp3) is 0.125. The van der Waals surface area contributed by atoms with Crippen LogP contribution in [0, 0.1) is 6.92 Å². The van der Waals surface area contributed by atoms with Gasteiger partial charge in [-0.3, -0.25) is 9.79 Å². The predicted octanol–water partition coefficient (Wildman–Crippen LogP) is 2.70. The standard InChI is InChI=1S/C16H13N5O/c1-9-2-4-10(5-3-9)17-8-11-14-12(18-16(11)22)6-7-13-15(14)20-21-19-13/h2-8,11H,1H3,(H,18,22)(H,19,20,21). The quantitative estimate of drug-likeness (QED) is 0.712. The molecule has 2 aromatic carbocycles. The number of fused-ring (bicyclic) bond motifs is 3. The summed E-state index contributed by atoms with van der Waals surface area (Å²) in [5, 5.41) is 13.7. The van der Waals surface area contributed by atoms with E-state index in [1.165, 1.54) is 5.56 Å². The molecule has 0 saturated carbocycles. The SMILES string of the molecule is Cc1ccc(N=CC2C(=O)Nc3ccc4n[nH]nc4c32)cc1. The number of aromatic nitrogens is 3. The van der Waals surface area contributed by atoms with Gasteiger partial charge in [0.1, 0.15) is 17.0 Å². The van der Waals surface area contributed by atoms with Crippen molar-refractivity contribution in [2.24, 2.45) is 4.99 Å². The zero-order chi connectivity index (χ0) is 15.1. The van der Waals surface area contributed by atoms with Crippen molar-refractivity contribution in [3.63, 3.8) is 0 Å². The number of carbonyl (C=O) groups excluding carboxylic acids is 1. The normalized spacial score (nSPS) is 17.1. The van der Waals surface area contributed by atoms with E-state index in [0.29, 0.717) is 5.52 Å². The molecule has 22 heavy (non-hydrogen) atoms. The molecule has 0 radical (unpaired) electrons. The zero-order valence-corrected chi connectivity index (χ0v) is 11.9. The predicted molar refractivity (Wildman–Crippen MR) is 84.6 cm³/mol. The van der Waals surface area contributed by atoms with Gasteiger partial charge in [-0.25, -0.2) is 0 Å². The summed E-state index contributed by atoms with van der Waals surface area (Å²) in [6, 6.07) is 11.5. The number of carbonyl (C=O) groups is 1. The van der Waals surface area contributed by atoms with Crippen molar-refractivity contribution in [1.82, 2.24) is 15.4 Å². The van der Waals surface area contributed by atoms with Crippen molar-refractivity contribution >= 4 is 34.5 Å². The second kappa shape index (κ2) is 4.77. The van der Waals surface area contributed by atoms with Crippen molar-refractivity contribution in [1.29, 1.82) is 0 Å². The van der Waals surface area contributed by atoms with Crippen LogP contribution in [0.15, 0.2) is 41.4 Å².